The predicted molar refractivity (Wildman–Crippen MR) is 56.9 cm³/mol. The molecule has 0 aliphatic rings. The van der Waals surface area contributed by atoms with E-state index in [0.717, 1.165) is 18.6 Å². The number of ether oxygens (including phenoxy) is 2. The fourth-order valence-electron chi connectivity index (χ4n) is 1.07. The van der Waals surface area contributed by atoms with Crippen molar-refractivity contribution in [3.8, 4) is 0 Å². The molecule has 0 aromatic carbocycles. The van der Waals surface area contributed by atoms with Crippen LogP contribution in [0.25, 0.3) is 0 Å². The second-order valence-electron chi connectivity index (χ2n) is 3.24. The molecule has 0 fully saturated rings. The highest BCUT2D eigenvalue weighted by molar-refractivity contribution is 4.81. The van der Waals surface area contributed by atoms with Gasteiger partial charge in [-0.05, 0) is 6.42 Å². The monoisotopic (exact) mass is 202 g/mol. The molecule has 14 heavy (non-hydrogen) atoms. The molecule has 0 aliphatic heterocycles. The molecule has 0 spiro atoms. The van der Waals surface area contributed by atoms with Crippen LogP contribution in [0.4, 0.5) is 0 Å². The minimum Gasteiger partial charge on any atom is -0.473 e. The van der Waals surface area contributed by atoms with Gasteiger partial charge in [0.25, 0.3) is 0 Å². The number of unbranched alkanes of at least 4 members (excludes halogenated alkanes) is 3. The standard InChI is InChI=1S/C11H22O3/c1-3-4-5-6-7-11(2)14-10-13-9-8-12/h12H,2-10H2,1H3. The number of hydrogen-bond donors (Lipinski definition) is 1. The van der Waals surface area contributed by atoms with Crippen LogP contribution in [-0.2, 0) is 9.47 Å². The van der Waals surface area contributed by atoms with Crippen LogP contribution >= 0.6 is 0 Å². The largest absolute Gasteiger partial charge is 0.473 e. The van der Waals surface area contributed by atoms with Gasteiger partial charge in [0.05, 0.1) is 19.0 Å². The first-order valence-electron chi connectivity index (χ1n) is 5.30. The molecule has 3 nitrogen and oxygen atoms in total. The van der Waals surface area contributed by atoms with Crippen molar-refractivity contribution in [1.29, 1.82) is 0 Å². The third-order valence-electron chi connectivity index (χ3n) is 1.89. The fourth-order valence-corrected chi connectivity index (χ4v) is 1.07. The van der Waals surface area contributed by atoms with Crippen molar-refractivity contribution in [2.24, 2.45) is 0 Å². The van der Waals surface area contributed by atoms with Crippen LogP contribution in [0.15, 0.2) is 12.3 Å². The Balaban J connectivity index is 3.11. The highest BCUT2D eigenvalue weighted by Crippen LogP contribution is 2.09. The Morgan fingerprint density at radius 3 is 2.71 bits per heavy atom. The zero-order chi connectivity index (χ0) is 10.6. The lowest BCUT2D eigenvalue weighted by atomic mass is 10.1. The minimum atomic E-state index is 0.0341. The molecule has 0 radical (unpaired) electrons. The van der Waals surface area contributed by atoms with Crippen molar-refractivity contribution in [2.45, 2.75) is 39.0 Å². The van der Waals surface area contributed by atoms with E-state index >= 15 is 0 Å². The van der Waals surface area contributed by atoms with E-state index in [-0.39, 0.29) is 13.4 Å². The number of aliphatic hydroxyl groups excluding tert-OH is 1. The van der Waals surface area contributed by atoms with Gasteiger partial charge in [-0.3, -0.25) is 0 Å². The van der Waals surface area contributed by atoms with Crippen LogP contribution in [0.5, 0.6) is 0 Å². The van der Waals surface area contributed by atoms with Crippen LogP contribution in [0.1, 0.15) is 39.0 Å². The second-order valence-corrected chi connectivity index (χ2v) is 3.24. The van der Waals surface area contributed by atoms with E-state index in [4.69, 9.17) is 14.6 Å². The van der Waals surface area contributed by atoms with Gasteiger partial charge in [-0.15, -0.1) is 0 Å². The van der Waals surface area contributed by atoms with Crippen LogP contribution in [0, 0.1) is 0 Å². The lowest BCUT2D eigenvalue weighted by Crippen LogP contribution is -2.03. The average molecular weight is 202 g/mol. The lowest BCUT2D eigenvalue weighted by molar-refractivity contribution is -0.0366. The van der Waals surface area contributed by atoms with Gasteiger partial charge in [0.15, 0.2) is 6.79 Å². The molecule has 0 aromatic rings. The molecule has 0 atom stereocenters. The lowest BCUT2D eigenvalue weighted by Gasteiger charge is -2.08. The maximum Gasteiger partial charge on any atom is 0.188 e. The van der Waals surface area contributed by atoms with Gasteiger partial charge in [-0.1, -0.05) is 32.8 Å². The molecular weight excluding hydrogens is 180 g/mol. The van der Waals surface area contributed by atoms with E-state index in [9.17, 15) is 0 Å². The first-order chi connectivity index (χ1) is 6.81. The van der Waals surface area contributed by atoms with E-state index in [1.165, 1.54) is 19.3 Å². The van der Waals surface area contributed by atoms with Gasteiger partial charge in [-0.2, -0.15) is 0 Å². The maximum absolute atomic E-state index is 8.43. The third kappa shape index (κ3) is 9.55. The summed E-state index contributed by atoms with van der Waals surface area (Å²) in [7, 11) is 0. The molecule has 0 aliphatic carbocycles. The Morgan fingerprint density at radius 1 is 1.29 bits per heavy atom. The highest BCUT2D eigenvalue weighted by atomic mass is 16.7. The van der Waals surface area contributed by atoms with Crippen LogP contribution in [0.3, 0.4) is 0 Å². The molecule has 0 saturated heterocycles. The van der Waals surface area contributed by atoms with Gasteiger partial charge in [0.1, 0.15) is 0 Å². The molecule has 0 bridgehead atoms. The Morgan fingerprint density at radius 2 is 2.07 bits per heavy atom. The zero-order valence-corrected chi connectivity index (χ0v) is 9.13. The summed E-state index contributed by atoms with van der Waals surface area (Å²) >= 11 is 0. The zero-order valence-electron chi connectivity index (χ0n) is 9.13. The molecule has 0 aromatic heterocycles. The van der Waals surface area contributed by atoms with Crippen molar-refractivity contribution in [2.75, 3.05) is 20.0 Å². The molecule has 3 heteroatoms. The van der Waals surface area contributed by atoms with E-state index in [1.807, 2.05) is 0 Å². The summed E-state index contributed by atoms with van der Waals surface area (Å²) in [5.74, 6) is 0.777. The third-order valence-corrected chi connectivity index (χ3v) is 1.89. The van der Waals surface area contributed by atoms with Crippen molar-refractivity contribution in [3.05, 3.63) is 12.3 Å². The van der Waals surface area contributed by atoms with E-state index in [0.29, 0.717) is 6.61 Å². The molecule has 0 heterocycles. The average Bonchev–Trinajstić information content (AvgIpc) is 2.19. The number of allylic oxidation sites excluding steroid dienone is 1. The van der Waals surface area contributed by atoms with Crippen molar-refractivity contribution in [3.63, 3.8) is 0 Å². The quantitative estimate of drug-likeness (QED) is 0.336. The summed E-state index contributed by atoms with van der Waals surface area (Å²) in [4.78, 5) is 0. The summed E-state index contributed by atoms with van der Waals surface area (Å²) in [6.07, 6.45) is 5.78. The Kier molecular flexibility index (Phi) is 10.1. The molecule has 0 rings (SSSR count). The summed E-state index contributed by atoms with van der Waals surface area (Å²) in [5, 5.41) is 8.43. The van der Waals surface area contributed by atoms with Crippen LogP contribution in [0.2, 0.25) is 0 Å². The molecule has 1 N–H and O–H groups in total. The van der Waals surface area contributed by atoms with Crippen molar-refractivity contribution < 1.29 is 14.6 Å². The van der Waals surface area contributed by atoms with Crippen molar-refractivity contribution >= 4 is 0 Å². The smallest absolute Gasteiger partial charge is 0.188 e. The van der Waals surface area contributed by atoms with Crippen LogP contribution in [-0.4, -0.2) is 25.1 Å². The molecular formula is C11H22O3. The molecule has 0 unspecified atom stereocenters. The van der Waals surface area contributed by atoms with Gasteiger partial charge < -0.3 is 14.6 Å². The predicted octanol–water partition coefficient (Wildman–Crippen LogP) is 2.45. The van der Waals surface area contributed by atoms with Crippen molar-refractivity contribution in [1.82, 2.24) is 0 Å². The topological polar surface area (TPSA) is 38.7 Å². The molecule has 0 saturated carbocycles. The molecule has 84 valence electrons. The van der Waals surface area contributed by atoms with Gasteiger partial charge >= 0.3 is 0 Å². The minimum absolute atomic E-state index is 0.0341. The fraction of sp³-hybridized carbons (Fsp3) is 0.818. The van der Waals surface area contributed by atoms with Crippen LogP contribution < -0.4 is 0 Å². The van der Waals surface area contributed by atoms with E-state index in [2.05, 4.69) is 13.5 Å². The van der Waals surface area contributed by atoms with Gasteiger partial charge in [0, 0.05) is 6.42 Å². The Labute approximate surface area is 86.7 Å². The first kappa shape index (κ1) is 13.5. The van der Waals surface area contributed by atoms with E-state index in [1.54, 1.807) is 0 Å². The first-order valence-corrected chi connectivity index (χ1v) is 5.30. The number of hydrogen-bond acceptors (Lipinski definition) is 3. The number of rotatable bonds is 10. The highest BCUT2D eigenvalue weighted by Gasteiger charge is 1.95. The van der Waals surface area contributed by atoms with E-state index < -0.39 is 0 Å². The summed E-state index contributed by atoms with van der Waals surface area (Å²) < 4.78 is 10.1. The van der Waals surface area contributed by atoms with Gasteiger partial charge in [-0.25, -0.2) is 0 Å². The van der Waals surface area contributed by atoms with Gasteiger partial charge in [0.2, 0.25) is 0 Å². The summed E-state index contributed by atoms with van der Waals surface area (Å²) in [6.45, 7) is 6.53. The Hall–Kier alpha value is -0.540. The summed E-state index contributed by atoms with van der Waals surface area (Å²) in [6, 6.07) is 0. The summed E-state index contributed by atoms with van der Waals surface area (Å²) in [5.41, 5.74) is 0. The maximum atomic E-state index is 8.43. The Bertz CT molecular complexity index is 120. The SMILES string of the molecule is C=C(CCCCCC)OCOCCO. The second kappa shape index (κ2) is 10.5. The normalized spacial score (nSPS) is 10.1. The molecule has 0 amide bonds. The number of aliphatic hydroxyl groups is 1.